The van der Waals surface area contributed by atoms with Crippen LogP contribution in [0.5, 0.6) is 0 Å². The third-order valence-electron chi connectivity index (χ3n) is 3.22. The van der Waals surface area contributed by atoms with E-state index in [9.17, 15) is 9.59 Å². The standard InChI is InChI=1S/C14H18N2O3S2/c1-20-12-4-2-3-10(7-12)15-14(19)16-5-6-21-9-11(16)8-13(17)18/h2-4,7,11H,5-6,8-9H2,1H3,(H,15,19)(H,17,18). The molecular weight excluding hydrogens is 308 g/mol. The maximum Gasteiger partial charge on any atom is 0.322 e. The van der Waals surface area contributed by atoms with Crippen molar-refractivity contribution in [1.29, 1.82) is 0 Å². The molecule has 114 valence electrons. The minimum absolute atomic E-state index is 0.00866. The summed E-state index contributed by atoms with van der Waals surface area (Å²) in [5.41, 5.74) is 0.735. The minimum Gasteiger partial charge on any atom is -0.481 e. The molecule has 5 nitrogen and oxygen atoms in total. The lowest BCUT2D eigenvalue weighted by molar-refractivity contribution is -0.137. The Morgan fingerprint density at radius 1 is 1.52 bits per heavy atom. The van der Waals surface area contributed by atoms with E-state index in [2.05, 4.69) is 5.32 Å². The Bertz CT molecular complexity index is 525. The lowest BCUT2D eigenvalue weighted by Gasteiger charge is -2.34. The molecule has 2 amide bonds. The Morgan fingerprint density at radius 3 is 3.05 bits per heavy atom. The lowest BCUT2D eigenvalue weighted by Crippen LogP contribution is -2.48. The molecule has 2 N–H and O–H groups in total. The van der Waals surface area contributed by atoms with E-state index in [1.54, 1.807) is 28.4 Å². The average molecular weight is 326 g/mol. The summed E-state index contributed by atoms with van der Waals surface area (Å²) in [6, 6.07) is 7.15. The van der Waals surface area contributed by atoms with Crippen LogP contribution in [0.3, 0.4) is 0 Å². The van der Waals surface area contributed by atoms with E-state index in [1.165, 1.54) is 0 Å². The summed E-state index contributed by atoms with van der Waals surface area (Å²) >= 11 is 3.30. The van der Waals surface area contributed by atoms with Gasteiger partial charge in [0.25, 0.3) is 0 Å². The highest BCUT2D eigenvalue weighted by Gasteiger charge is 2.28. The van der Waals surface area contributed by atoms with Crippen molar-refractivity contribution in [3.8, 4) is 0 Å². The largest absolute Gasteiger partial charge is 0.481 e. The van der Waals surface area contributed by atoms with Gasteiger partial charge >= 0.3 is 12.0 Å². The second-order valence-electron chi connectivity index (χ2n) is 4.68. The van der Waals surface area contributed by atoms with Gasteiger partial charge in [-0.1, -0.05) is 6.07 Å². The first kappa shape index (κ1) is 16.0. The Hall–Kier alpha value is -1.34. The van der Waals surface area contributed by atoms with Crippen LogP contribution in [0.15, 0.2) is 29.2 Å². The van der Waals surface area contributed by atoms with E-state index in [0.29, 0.717) is 12.3 Å². The number of urea groups is 1. The van der Waals surface area contributed by atoms with Gasteiger partial charge < -0.3 is 15.3 Å². The van der Waals surface area contributed by atoms with Gasteiger partial charge in [-0.05, 0) is 24.5 Å². The monoisotopic (exact) mass is 326 g/mol. The molecule has 0 aromatic heterocycles. The van der Waals surface area contributed by atoms with Crippen LogP contribution >= 0.6 is 23.5 Å². The van der Waals surface area contributed by atoms with E-state index in [-0.39, 0.29) is 18.5 Å². The van der Waals surface area contributed by atoms with Crippen molar-refractivity contribution in [3.05, 3.63) is 24.3 Å². The summed E-state index contributed by atoms with van der Waals surface area (Å²) in [5.74, 6) is 0.642. The number of anilines is 1. The highest BCUT2D eigenvalue weighted by Crippen LogP contribution is 2.22. The number of carbonyl (C=O) groups excluding carboxylic acids is 1. The number of carbonyl (C=O) groups is 2. The Labute approximate surface area is 132 Å². The molecule has 0 bridgehead atoms. The Balaban J connectivity index is 2.04. The van der Waals surface area contributed by atoms with Crippen molar-refractivity contribution in [2.24, 2.45) is 0 Å². The van der Waals surface area contributed by atoms with Crippen LogP contribution in [-0.2, 0) is 4.79 Å². The highest BCUT2D eigenvalue weighted by atomic mass is 32.2. The molecule has 1 unspecified atom stereocenters. The van der Waals surface area contributed by atoms with Gasteiger partial charge in [-0.25, -0.2) is 4.79 Å². The number of rotatable bonds is 4. The van der Waals surface area contributed by atoms with Crippen molar-refractivity contribution < 1.29 is 14.7 Å². The van der Waals surface area contributed by atoms with Crippen molar-refractivity contribution in [3.63, 3.8) is 0 Å². The maximum atomic E-state index is 12.4. The topological polar surface area (TPSA) is 69.6 Å². The van der Waals surface area contributed by atoms with Gasteiger partial charge in [0.1, 0.15) is 0 Å². The number of carboxylic acid groups (broad SMARTS) is 1. The van der Waals surface area contributed by atoms with Crippen LogP contribution in [0, 0.1) is 0 Å². The van der Waals surface area contributed by atoms with Crippen LogP contribution in [0.25, 0.3) is 0 Å². The first-order chi connectivity index (χ1) is 10.1. The fourth-order valence-corrected chi connectivity index (χ4v) is 3.71. The van der Waals surface area contributed by atoms with Crippen LogP contribution in [-0.4, -0.2) is 52.4 Å². The van der Waals surface area contributed by atoms with Gasteiger partial charge in [0, 0.05) is 28.6 Å². The predicted molar refractivity (Wildman–Crippen MR) is 87.3 cm³/mol. The molecule has 0 aliphatic carbocycles. The first-order valence-electron chi connectivity index (χ1n) is 6.61. The molecular formula is C14H18N2O3S2. The zero-order valence-corrected chi connectivity index (χ0v) is 13.4. The molecule has 1 aromatic carbocycles. The lowest BCUT2D eigenvalue weighted by atomic mass is 10.2. The van der Waals surface area contributed by atoms with E-state index in [0.717, 1.165) is 16.3 Å². The van der Waals surface area contributed by atoms with E-state index in [1.807, 2.05) is 30.5 Å². The third-order valence-corrected chi connectivity index (χ3v) is 5.04. The third kappa shape index (κ3) is 4.57. The predicted octanol–water partition coefficient (Wildman–Crippen LogP) is 2.83. The number of nitrogens with zero attached hydrogens (tertiary/aromatic N) is 1. The van der Waals surface area contributed by atoms with Crippen LogP contribution in [0.1, 0.15) is 6.42 Å². The second kappa shape index (κ2) is 7.61. The summed E-state index contributed by atoms with van der Waals surface area (Å²) in [6.07, 6.45) is 1.97. The minimum atomic E-state index is -0.871. The molecule has 1 aromatic rings. The molecule has 0 radical (unpaired) electrons. The zero-order chi connectivity index (χ0) is 15.2. The number of amides is 2. The van der Waals surface area contributed by atoms with Gasteiger partial charge in [-0.3, -0.25) is 4.79 Å². The Kier molecular flexibility index (Phi) is 5.81. The van der Waals surface area contributed by atoms with Crippen LogP contribution < -0.4 is 5.32 Å². The van der Waals surface area contributed by atoms with E-state index in [4.69, 9.17) is 5.11 Å². The number of hydrogen-bond acceptors (Lipinski definition) is 4. The molecule has 0 saturated carbocycles. The first-order valence-corrected chi connectivity index (χ1v) is 8.99. The van der Waals surface area contributed by atoms with Gasteiger partial charge in [0.05, 0.1) is 12.5 Å². The number of benzene rings is 1. The van der Waals surface area contributed by atoms with Gasteiger partial charge in [0.15, 0.2) is 0 Å². The molecule has 1 aliphatic rings. The van der Waals surface area contributed by atoms with Gasteiger partial charge in [-0.2, -0.15) is 11.8 Å². The zero-order valence-electron chi connectivity index (χ0n) is 11.7. The van der Waals surface area contributed by atoms with Gasteiger partial charge in [0.2, 0.25) is 0 Å². The fraction of sp³-hybridized carbons (Fsp3) is 0.429. The van der Waals surface area contributed by atoms with E-state index >= 15 is 0 Å². The normalized spacial score (nSPS) is 18.3. The molecule has 1 saturated heterocycles. The molecule has 1 heterocycles. The smallest absolute Gasteiger partial charge is 0.322 e. The molecule has 1 aliphatic heterocycles. The van der Waals surface area contributed by atoms with E-state index < -0.39 is 5.97 Å². The van der Waals surface area contributed by atoms with Crippen molar-refractivity contribution in [1.82, 2.24) is 4.90 Å². The number of aliphatic carboxylic acids is 1. The summed E-state index contributed by atoms with van der Waals surface area (Å²) in [6.45, 7) is 0.580. The fourth-order valence-electron chi connectivity index (χ4n) is 2.19. The number of nitrogens with one attached hydrogen (secondary N) is 1. The van der Waals surface area contributed by atoms with Crippen molar-refractivity contribution in [2.45, 2.75) is 17.4 Å². The highest BCUT2D eigenvalue weighted by molar-refractivity contribution is 7.99. The molecule has 1 atom stereocenters. The number of thioether (sulfide) groups is 2. The van der Waals surface area contributed by atoms with Crippen molar-refractivity contribution in [2.75, 3.05) is 29.6 Å². The average Bonchev–Trinajstić information content (AvgIpc) is 2.47. The summed E-state index contributed by atoms with van der Waals surface area (Å²) < 4.78 is 0. The Morgan fingerprint density at radius 2 is 2.33 bits per heavy atom. The molecule has 1 fully saturated rings. The van der Waals surface area contributed by atoms with Crippen LogP contribution in [0.4, 0.5) is 10.5 Å². The summed E-state index contributed by atoms with van der Waals surface area (Å²) in [7, 11) is 0. The van der Waals surface area contributed by atoms with Crippen molar-refractivity contribution >= 4 is 41.2 Å². The SMILES string of the molecule is CSc1cccc(NC(=O)N2CCSCC2CC(=O)O)c1. The maximum absolute atomic E-state index is 12.4. The quantitative estimate of drug-likeness (QED) is 0.833. The summed E-state index contributed by atoms with van der Waals surface area (Å²) in [5, 5.41) is 11.8. The number of carboxylic acids is 1. The van der Waals surface area contributed by atoms with Crippen LogP contribution in [0.2, 0.25) is 0 Å². The molecule has 0 spiro atoms. The molecule has 7 heteroatoms. The second-order valence-corrected chi connectivity index (χ2v) is 6.71. The molecule has 21 heavy (non-hydrogen) atoms. The molecule has 2 rings (SSSR count). The number of hydrogen-bond donors (Lipinski definition) is 2. The summed E-state index contributed by atoms with van der Waals surface area (Å²) in [4.78, 5) is 26.0. The van der Waals surface area contributed by atoms with Gasteiger partial charge in [-0.15, -0.1) is 11.8 Å².